The van der Waals surface area contributed by atoms with E-state index in [1.165, 1.54) is 15.9 Å². The average molecular weight is 370 g/mol. The highest BCUT2D eigenvalue weighted by Crippen LogP contribution is 2.27. The second-order valence-corrected chi connectivity index (χ2v) is 6.89. The second-order valence-electron chi connectivity index (χ2n) is 6.51. The van der Waals surface area contributed by atoms with E-state index >= 15 is 0 Å². The molecule has 0 atom stereocenters. The summed E-state index contributed by atoms with van der Waals surface area (Å²) in [7, 11) is 1.60. The lowest BCUT2D eigenvalue weighted by Gasteiger charge is -2.29. The molecule has 1 aliphatic rings. The van der Waals surface area contributed by atoms with Gasteiger partial charge in [-0.2, -0.15) is 5.10 Å². The van der Waals surface area contributed by atoms with Crippen molar-refractivity contribution in [3.05, 3.63) is 75.2 Å². The molecule has 1 aromatic carbocycles. The fourth-order valence-corrected chi connectivity index (χ4v) is 3.68. The minimum Gasteiger partial charge on any atom is -0.362 e. The van der Waals surface area contributed by atoms with Crippen LogP contribution in [0.5, 0.6) is 0 Å². The van der Waals surface area contributed by atoms with Crippen LogP contribution in [0.3, 0.4) is 0 Å². The van der Waals surface area contributed by atoms with Crippen molar-refractivity contribution in [2.75, 3.05) is 11.4 Å². The first kappa shape index (κ1) is 16.8. The predicted molar refractivity (Wildman–Crippen MR) is 102 cm³/mol. The molecule has 6 nitrogen and oxygen atoms in total. The first-order valence-electron chi connectivity index (χ1n) is 8.67. The molecule has 0 unspecified atom stereocenters. The Labute approximate surface area is 156 Å². The Kier molecular flexibility index (Phi) is 4.51. The Morgan fingerprint density at radius 1 is 1.23 bits per heavy atom. The molecule has 3 aromatic rings. The Morgan fingerprint density at radius 3 is 2.85 bits per heavy atom. The van der Waals surface area contributed by atoms with E-state index in [2.05, 4.69) is 43.8 Å². The van der Waals surface area contributed by atoms with Crippen LogP contribution in [0.2, 0.25) is 5.02 Å². The number of hydrogen-bond acceptors (Lipinski definition) is 4. The van der Waals surface area contributed by atoms with Gasteiger partial charge in [0.2, 0.25) is 0 Å². The van der Waals surface area contributed by atoms with E-state index < -0.39 is 0 Å². The zero-order chi connectivity index (χ0) is 18.1. The van der Waals surface area contributed by atoms with Gasteiger partial charge in [-0.3, -0.25) is 4.79 Å². The van der Waals surface area contributed by atoms with Gasteiger partial charge < -0.3 is 9.47 Å². The summed E-state index contributed by atoms with van der Waals surface area (Å²) in [5.74, 6) is 0. The van der Waals surface area contributed by atoms with E-state index in [-0.39, 0.29) is 10.6 Å². The minimum atomic E-state index is -0.275. The van der Waals surface area contributed by atoms with Crippen molar-refractivity contribution in [1.82, 2.24) is 19.3 Å². The number of hydrogen-bond donors (Lipinski definition) is 0. The summed E-state index contributed by atoms with van der Waals surface area (Å²) in [5, 5.41) is 4.31. The highest BCUT2D eigenvalue weighted by molar-refractivity contribution is 6.33. The van der Waals surface area contributed by atoms with Crippen LogP contribution in [0.4, 0.5) is 5.69 Å². The molecular formula is C19H20ClN5O. The van der Waals surface area contributed by atoms with Crippen molar-refractivity contribution in [2.45, 2.75) is 25.9 Å². The van der Waals surface area contributed by atoms with Gasteiger partial charge in [0.1, 0.15) is 5.02 Å². The van der Waals surface area contributed by atoms with Crippen LogP contribution in [0.1, 0.15) is 17.0 Å². The molecule has 3 heterocycles. The molecule has 0 amide bonds. The van der Waals surface area contributed by atoms with Gasteiger partial charge in [0.05, 0.1) is 30.5 Å². The smallest absolute Gasteiger partial charge is 0.287 e. The van der Waals surface area contributed by atoms with Gasteiger partial charge in [0.15, 0.2) is 0 Å². The summed E-state index contributed by atoms with van der Waals surface area (Å²) in [6, 6.07) is 10.5. The molecule has 0 radical (unpaired) electrons. The minimum absolute atomic E-state index is 0.217. The topological polar surface area (TPSA) is 56.0 Å². The number of benzene rings is 1. The molecule has 26 heavy (non-hydrogen) atoms. The van der Waals surface area contributed by atoms with Crippen LogP contribution in [0.25, 0.3) is 0 Å². The predicted octanol–water partition coefficient (Wildman–Crippen LogP) is 2.44. The number of fused-ring (bicyclic) bond motifs is 1. The Balaban J connectivity index is 1.51. The Bertz CT molecular complexity index is 979. The normalized spacial score (nSPS) is 13.7. The molecule has 0 fully saturated rings. The summed E-state index contributed by atoms with van der Waals surface area (Å²) in [5.41, 5.74) is 4.04. The maximum absolute atomic E-state index is 12.0. The van der Waals surface area contributed by atoms with Gasteiger partial charge in [0, 0.05) is 32.3 Å². The van der Waals surface area contributed by atoms with E-state index in [9.17, 15) is 4.79 Å². The number of anilines is 1. The van der Waals surface area contributed by atoms with Crippen LogP contribution in [0.15, 0.2) is 47.7 Å². The van der Waals surface area contributed by atoms with E-state index in [4.69, 9.17) is 11.6 Å². The van der Waals surface area contributed by atoms with Gasteiger partial charge in [0.25, 0.3) is 5.56 Å². The van der Waals surface area contributed by atoms with Crippen LogP contribution in [0, 0.1) is 0 Å². The number of halogens is 1. The molecule has 134 valence electrons. The standard InChI is InChI=1S/C19H20ClN5O/c1-23-19(26)18(20)17(11-22-23)24-10-8-16-15(12-24)21-13-25(16)9-7-14-5-3-2-4-6-14/h2-6,11,13H,7-10,12H2,1H3. The van der Waals surface area contributed by atoms with Crippen LogP contribution < -0.4 is 10.5 Å². The lowest BCUT2D eigenvalue weighted by atomic mass is 10.1. The molecule has 0 bridgehead atoms. The summed E-state index contributed by atoms with van der Waals surface area (Å²) in [4.78, 5) is 18.7. The summed E-state index contributed by atoms with van der Waals surface area (Å²) < 4.78 is 3.49. The summed E-state index contributed by atoms with van der Waals surface area (Å²) >= 11 is 6.24. The highest BCUT2D eigenvalue weighted by atomic mass is 35.5. The molecule has 0 spiro atoms. The SMILES string of the molecule is Cn1ncc(N2CCc3c(ncn3CCc3ccccc3)C2)c(Cl)c1=O. The van der Waals surface area contributed by atoms with Crippen molar-refractivity contribution in [1.29, 1.82) is 0 Å². The zero-order valence-electron chi connectivity index (χ0n) is 14.6. The average Bonchev–Trinajstić information content (AvgIpc) is 3.08. The largest absolute Gasteiger partial charge is 0.362 e. The molecule has 0 saturated heterocycles. The van der Waals surface area contributed by atoms with E-state index in [0.29, 0.717) is 12.2 Å². The third-order valence-corrected chi connectivity index (χ3v) is 5.23. The van der Waals surface area contributed by atoms with E-state index in [1.807, 2.05) is 12.4 Å². The second kappa shape index (κ2) is 6.96. The first-order valence-corrected chi connectivity index (χ1v) is 9.05. The third-order valence-electron chi connectivity index (χ3n) is 4.88. The maximum Gasteiger partial charge on any atom is 0.287 e. The summed E-state index contributed by atoms with van der Waals surface area (Å²) in [6.45, 7) is 2.35. The van der Waals surface area contributed by atoms with Gasteiger partial charge in [-0.1, -0.05) is 41.9 Å². The van der Waals surface area contributed by atoms with Gasteiger partial charge in [-0.15, -0.1) is 0 Å². The monoisotopic (exact) mass is 369 g/mol. The van der Waals surface area contributed by atoms with Crippen molar-refractivity contribution >= 4 is 17.3 Å². The molecule has 1 aliphatic heterocycles. The molecule has 4 rings (SSSR count). The molecule has 0 saturated carbocycles. The van der Waals surface area contributed by atoms with Crippen molar-refractivity contribution in [2.24, 2.45) is 7.05 Å². The van der Waals surface area contributed by atoms with Crippen LogP contribution in [-0.2, 0) is 33.0 Å². The van der Waals surface area contributed by atoms with E-state index in [1.54, 1.807) is 13.2 Å². The molecule has 0 N–H and O–H groups in total. The number of aromatic nitrogens is 4. The first-order chi connectivity index (χ1) is 12.6. The van der Waals surface area contributed by atoms with Crippen molar-refractivity contribution < 1.29 is 0 Å². The fraction of sp³-hybridized carbons (Fsp3) is 0.316. The van der Waals surface area contributed by atoms with E-state index in [0.717, 1.165) is 31.6 Å². The molecule has 2 aromatic heterocycles. The van der Waals surface area contributed by atoms with Crippen LogP contribution in [-0.4, -0.2) is 25.9 Å². The van der Waals surface area contributed by atoms with Gasteiger partial charge >= 0.3 is 0 Å². The summed E-state index contributed by atoms with van der Waals surface area (Å²) in [6.07, 6.45) is 5.43. The van der Waals surface area contributed by atoms with Crippen LogP contribution >= 0.6 is 11.6 Å². The Morgan fingerprint density at radius 2 is 2.04 bits per heavy atom. The number of aryl methyl sites for hydroxylation is 3. The number of nitrogens with zero attached hydrogens (tertiary/aromatic N) is 5. The zero-order valence-corrected chi connectivity index (χ0v) is 15.4. The quantitative estimate of drug-likeness (QED) is 0.708. The maximum atomic E-state index is 12.0. The fourth-order valence-electron chi connectivity index (χ4n) is 3.39. The third kappa shape index (κ3) is 3.12. The highest BCUT2D eigenvalue weighted by Gasteiger charge is 2.23. The molecule has 7 heteroatoms. The van der Waals surface area contributed by atoms with Crippen molar-refractivity contribution in [3.8, 4) is 0 Å². The molecule has 0 aliphatic carbocycles. The van der Waals surface area contributed by atoms with Crippen molar-refractivity contribution in [3.63, 3.8) is 0 Å². The number of rotatable bonds is 4. The lowest BCUT2D eigenvalue weighted by Crippen LogP contribution is -2.33. The molecular weight excluding hydrogens is 350 g/mol. The number of imidazole rings is 1. The van der Waals surface area contributed by atoms with Gasteiger partial charge in [-0.25, -0.2) is 9.67 Å². The Hall–Kier alpha value is -2.60. The van der Waals surface area contributed by atoms with Gasteiger partial charge in [-0.05, 0) is 12.0 Å². The lowest BCUT2D eigenvalue weighted by molar-refractivity contribution is 0.622.